The lowest BCUT2D eigenvalue weighted by molar-refractivity contribution is -0.120. The van der Waals surface area contributed by atoms with E-state index in [9.17, 15) is 13.2 Å². The van der Waals surface area contributed by atoms with Gasteiger partial charge in [0.15, 0.2) is 9.84 Å². The third kappa shape index (κ3) is 4.46. The molecule has 0 aromatic heterocycles. The molecule has 0 aliphatic rings. The number of carbonyl (C=O) groups is 1. The van der Waals surface area contributed by atoms with Gasteiger partial charge in [0.05, 0.1) is 4.90 Å². The van der Waals surface area contributed by atoms with E-state index in [1.165, 1.54) is 19.1 Å². The molecule has 0 spiro atoms. The summed E-state index contributed by atoms with van der Waals surface area (Å²) in [6.07, 6.45) is 2.92. The highest BCUT2D eigenvalue weighted by Gasteiger charge is 2.29. The van der Waals surface area contributed by atoms with Crippen LogP contribution in [-0.2, 0) is 14.6 Å². The maximum absolute atomic E-state index is 12.4. The number of anilines is 1. The van der Waals surface area contributed by atoms with Crippen LogP contribution in [-0.4, -0.2) is 26.1 Å². The summed E-state index contributed by atoms with van der Waals surface area (Å²) >= 11 is 0. The summed E-state index contributed by atoms with van der Waals surface area (Å²) < 4.78 is 24.8. The molecule has 1 aromatic carbocycles. The van der Waals surface area contributed by atoms with Crippen molar-refractivity contribution in [3.63, 3.8) is 0 Å². The molecule has 0 saturated heterocycles. The van der Waals surface area contributed by atoms with Gasteiger partial charge in [-0.15, -0.1) is 0 Å². The van der Waals surface area contributed by atoms with Crippen LogP contribution in [0.3, 0.4) is 0 Å². The third-order valence-corrected chi connectivity index (χ3v) is 5.54. The van der Waals surface area contributed by atoms with Crippen molar-refractivity contribution in [1.29, 1.82) is 0 Å². The molecule has 1 unspecified atom stereocenters. The summed E-state index contributed by atoms with van der Waals surface area (Å²) in [7, 11) is -3.69. The SMILES string of the molecule is CCCCCNC(=O)C(C)S(=O)(=O)c1ccc(N)c(C)c1. The minimum atomic E-state index is -3.69. The number of carbonyl (C=O) groups excluding carboxylic acids is 1. The topological polar surface area (TPSA) is 89.3 Å². The van der Waals surface area contributed by atoms with Crippen LogP contribution >= 0.6 is 0 Å². The molecular formula is C15H24N2O3S. The predicted molar refractivity (Wildman–Crippen MR) is 84.8 cm³/mol. The van der Waals surface area contributed by atoms with Crippen LogP contribution < -0.4 is 11.1 Å². The first-order chi connectivity index (χ1) is 9.80. The fourth-order valence-electron chi connectivity index (χ4n) is 1.90. The molecule has 0 aliphatic carbocycles. The molecule has 21 heavy (non-hydrogen) atoms. The number of aryl methyl sites for hydroxylation is 1. The molecule has 118 valence electrons. The number of sulfone groups is 1. The van der Waals surface area contributed by atoms with E-state index in [4.69, 9.17) is 5.73 Å². The van der Waals surface area contributed by atoms with Gasteiger partial charge >= 0.3 is 0 Å². The van der Waals surface area contributed by atoms with Gasteiger partial charge in [0.2, 0.25) is 5.91 Å². The average Bonchev–Trinajstić information content (AvgIpc) is 2.45. The van der Waals surface area contributed by atoms with Gasteiger partial charge in [-0.3, -0.25) is 4.79 Å². The number of nitrogens with two attached hydrogens (primary N) is 1. The Balaban J connectivity index is 2.81. The summed E-state index contributed by atoms with van der Waals surface area (Å²) in [5.41, 5.74) is 6.91. The predicted octanol–water partition coefficient (Wildman–Crippen LogP) is 2.05. The van der Waals surface area contributed by atoms with Crippen molar-refractivity contribution >= 4 is 21.4 Å². The Morgan fingerprint density at radius 3 is 2.57 bits per heavy atom. The zero-order valence-electron chi connectivity index (χ0n) is 12.8. The second-order valence-corrected chi connectivity index (χ2v) is 7.47. The van der Waals surface area contributed by atoms with Gasteiger partial charge in [0, 0.05) is 12.2 Å². The van der Waals surface area contributed by atoms with Crippen LogP contribution in [0.25, 0.3) is 0 Å². The fraction of sp³-hybridized carbons (Fsp3) is 0.533. The molecule has 1 amide bonds. The van der Waals surface area contributed by atoms with Gasteiger partial charge < -0.3 is 11.1 Å². The van der Waals surface area contributed by atoms with Crippen molar-refractivity contribution in [2.75, 3.05) is 12.3 Å². The second kappa shape index (κ2) is 7.45. The normalized spacial score (nSPS) is 12.9. The van der Waals surface area contributed by atoms with E-state index in [1.807, 2.05) is 0 Å². The lowest BCUT2D eigenvalue weighted by atomic mass is 10.2. The highest BCUT2D eigenvalue weighted by molar-refractivity contribution is 7.92. The monoisotopic (exact) mass is 312 g/mol. The summed E-state index contributed by atoms with van der Waals surface area (Å²) in [6, 6.07) is 4.50. The van der Waals surface area contributed by atoms with Crippen molar-refractivity contribution in [2.24, 2.45) is 0 Å². The third-order valence-electron chi connectivity index (χ3n) is 3.48. The molecule has 0 heterocycles. The average molecular weight is 312 g/mol. The molecule has 0 saturated carbocycles. The maximum Gasteiger partial charge on any atom is 0.238 e. The van der Waals surface area contributed by atoms with Gasteiger partial charge in [-0.25, -0.2) is 8.42 Å². The van der Waals surface area contributed by atoms with Crippen LogP contribution in [0.15, 0.2) is 23.1 Å². The summed E-state index contributed by atoms with van der Waals surface area (Å²) in [5, 5.41) is 1.57. The van der Waals surface area contributed by atoms with E-state index >= 15 is 0 Å². The molecule has 3 N–H and O–H groups in total. The smallest absolute Gasteiger partial charge is 0.238 e. The minimum absolute atomic E-state index is 0.130. The largest absolute Gasteiger partial charge is 0.399 e. The van der Waals surface area contributed by atoms with Crippen LogP contribution in [0, 0.1) is 6.92 Å². The van der Waals surface area contributed by atoms with Crippen molar-refractivity contribution in [3.05, 3.63) is 23.8 Å². The molecule has 0 radical (unpaired) electrons. The zero-order chi connectivity index (χ0) is 16.0. The molecule has 0 aliphatic heterocycles. The maximum atomic E-state index is 12.4. The Hall–Kier alpha value is -1.56. The molecule has 0 bridgehead atoms. The van der Waals surface area contributed by atoms with Gasteiger partial charge in [-0.2, -0.15) is 0 Å². The van der Waals surface area contributed by atoms with Gasteiger partial charge in [0.1, 0.15) is 5.25 Å². The Labute approximate surface area is 126 Å². The second-order valence-electron chi connectivity index (χ2n) is 5.20. The number of unbranched alkanes of at least 4 members (excludes halogenated alkanes) is 2. The number of nitrogens with one attached hydrogen (secondary N) is 1. The minimum Gasteiger partial charge on any atom is -0.399 e. The quantitative estimate of drug-likeness (QED) is 0.595. The first kappa shape index (κ1) is 17.5. The van der Waals surface area contributed by atoms with Crippen LogP contribution in [0.2, 0.25) is 0 Å². The number of hydrogen-bond donors (Lipinski definition) is 2. The fourth-order valence-corrected chi connectivity index (χ4v) is 3.27. The summed E-state index contributed by atoms with van der Waals surface area (Å²) in [4.78, 5) is 12.1. The van der Waals surface area contributed by atoms with Crippen molar-refractivity contribution in [1.82, 2.24) is 5.32 Å². The van der Waals surface area contributed by atoms with E-state index in [-0.39, 0.29) is 4.90 Å². The molecule has 1 aromatic rings. The van der Waals surface area contributed by atoms with Crippen LogP contribution in [0.4, 0.5) is 5.69 Å². The van der Waals surface area contributed by atoms with Gasteiger partial charge in [-0.05, 0) is 44.0 Å². The van der Waals surface area contributed by atoms with Crippen molar-refractivity contribution in [3.8, 4) is 0 Å². The number of benzene rings is 1. The van der Waals surface area contributed by atoms with Crippen molar-refractivity contribution in [2.45, 2.75) is 50.2 Å². The Morgan fingerprint density at radius 2 is 2.00 bits per heavy atom. The first-order valence-corrected chi connectivity index (χ1v) is 8.73. The van der Waals surface area contributed by atoms with Gasteiger partial charge in [0.25, 0.3) is 0 Å². The molecule has 1 atom stereocenters. The summed E-state index contributed by atoms with van der Waals surface area (Å²) in [5.74, 6) is -0.458. The lowest BCUT2D eigenvalue weighted by Gasteiger charge is -2.14. The van der Waals surface area contributed by atoms with Gasteiger partial charge in [-0.1, -0.05) is 19.8 Å². The Kier molecular flexibility index (Phi) is 6.20. The Bertz CT molecular complexity index is 597. The number of rotatable bonds is 7. The zero-order valence-corrected chi connectivity index (χ0v) is 13.7. The summed E-state index contributed by atoms with van der Waals surface area (Å²) in [6.45, 7) is 5.73. The van der Waals surface area contributed by atoms with Crippen molar-refractivity contribution < 1.29 is 13.2 Å². The van der Waals surface area contributed by atoms with E-state index in [1.54, 1.807) is 13.0 Å². The lowest BCUT2D eigenvalue weighted by Crippen LogP contribution is -2.38. The number of nitrogen functional groups attached to an aromatic ring is 1. The highest BCUT2D eigenvalue weighted by Crippen LogP contribution is 2.21. The van der Waals surface area contributed by atoms with E-state index < -0.39 is 21.0 Å². The van der Waals surface area contributed by atoms with Crippen LogP contribution in [0.5, 0.6) is 0 Å². The van der Waals surface area contributed by atoms with E-state index in [2.05, 4.69) is 12.2 Å². The Morgan fingerprint density at radius 1 is 1.33 bits per heavy atom. The number of amides is 1. The van der Waals surface area contributed by atoms with E-state index in [0.717, 1.165) is 19.3 Å². The molecule has 0 fully saturated rings. The molecule has 6 heteroatoms. The standard InChI is InChI=1S/C15H24N2O3S/c1-4-5-6-9-17-15(18)12(3)21(19,20)13-7-8-14(16)11(2)10-13/h7-8,10,12H,4-6,9,16H2,1-3H3,(H,17,18). The van der Waals surface area contributed by atoms with E-state index in [0.29, 0.717) is 17.8 Å². The molecule has 1 rings (SSSR count). The first-order valence-electron chi connectivity index (χ1n) is 7.18. The molecule has 5 nitrogen and oxygen atoms in total. The number of hydrogen-bond acceptors (Lipinski definition) is 4. The van der Waals surface area contributed by atoms with Crippen LogP contribution in [0.1, 0.15) is 38.7 Å². The highest BCUT2D eigenvalue weighted by atomic mass is 32.2. The molecular weight excluding hydrogens is 288 g/mol.